The predicted molar refractivity (Wildman–Crippen MR) is 93.7 cm³/mol. The number of hydrogen-bond donors (Lipinski definition) is 0. The molecule has 0 N–H and O–H groups in total. The third-order valence-corrected chi connectivity index (χ3v) is 5.57. The third kappa shape index (κ3) is 6.35. The second-order valence-corrected chi connectivity index (χ2v) is 6.54. The fourth-order valence-electron chi connectivity index (χ4n) is 2.03. The van der Waals surface area contributed by atoms with Crippen LogP contribution in [0.3, 0.4) is 0 Å². The van der Waals surface area contributed by atoms with Gasteiger partial charge in [0.05, 0.1) is 4.24 Å². The molecule has 0 fully saturated rings. The summed E-state index contributed by atoms with van der Waals surface area (Å²) in [6.45, 7) is 15.6. The van der Waals surface area contributed by atoms with E-state index in [4.69, 9.17) is 0 Å². The minimum Gasteiger partial charge on any atom is -0.357 e. The first-order valence-electron chi connectivity index (χ1n) is 7.60. The second-order valence-electron chi connectivity index (χ2n) is 4.36. The van der Waals surface area contributed by atoms with Crippen LogP contribution in [0.5, 0.6) is 0 Å². The lowest BCUT2D eigenvalue weighted by molar-refractivity contribution is 0.235. The molecule has 19 heavy (non-hydrogen) atoms. The molecular formula is C15H32N2S2. The van der Waals surface area contributed by atoms with Crippen molar-refractivity contribution in [1.29, 1.82) is 0 Å². The van der Waals surface area contributed by atoms with Crippen molar-refractivity contribution < 1.29 is 0 Å². The van der Waals surface area contributed by atoms with Gasteiger partial charge in [-0.15, -0.1) is 23.5 Å². The van der Waals surface area contributed by atoms with E-state index in [9.17, 15) is 0 Å². The smallest absolute Gasteiger partial charge is 0.124 e. The zero-order valence-corrected chi connectivity index (χ0v) is 15.3. The second kappa shape index (κ2) is 11.8. The van der Waals surface area contributed by atoms with E-state index in [1.54, 1.807) is 0 Å². The van der Waals surface area contributed by atoms with E-state index in [0.29, 0.717) is 0 Å². The Balaban J connectivity index is 5.20. The Kier molecular flexibility index (Phi) is 11.9. The van der Waals surface area contributed by atoms with Gasteiger partial charge in [-0.1, -0.05) is 13.3 Å². The van der Waals surface area contributed by atoms with Crippen molar-refractivity contribution in [2.75, 3.05) is 38.2 Å². The first-order valence-corrected chi connectivity index (χ1v) is 9.81. The van der Waals surface area contributed by atoms with Crippen LogP contribution in [0.1, 0.15) is 47.5 Å². The maximum Gasteiger partial charge on any atom is 0.124 e. The normalized spacial score (nSPS) is 10.4. The molecule has 0 bridgehead atoms. The first-order chi connectivity index (χ1) is 9.19. The highest BCUT2D eigenvalue weighted by atomic mass is 32.2. The summed E-state index contributed by atoms with van der Waals surface area (Å²) in [4.78, 5) is 5.00. The van der Waals surface area contributed by atoms with Crippen LogP contribution >= 0.6 is 23.5 Å². The number of thioether (sulfide) groups is 2. The molecule has 0 spiro atoms. The first kappa shape index (κ1) is 19.0. The van der Waals surface area contributed by atoms with Gasteiger partial charge in [0, 0.05) is 26.2 Å². The van der Waals surface area contributed by atoms with Gasteiger partial charge in [-0.2, -0.15) is 0 Å². The van der Waals surface area contributed by atoms with Gasteiger partial charge in [-0.3, -0.25) is 0 Å². The topological polar surface area (TPSA) is 6.48 Å². The number of unbranched alkanes of at least 4 members (excludes halogenated alkanes) is 1. The summed E-state index contributed by atoms with van der Waals surface area (Å²) in [7, 11) is 0. The Labute approximate surface area is 129 Å². The monoisotopic (exact) mass is 304 g/mol. The highest BCUT2D eigenvalue weighted by Crippen LogP contribution is 2.33. The summed E-state index contributed by atoms with van der Waals surface area (Å²) in [5, 5.41) is 0. The molecule has 114 valence electrons. The maximum atomic E-state index is 2.50. The molecule has 0 saturated carbocycles. The van der Waals surface area contributed by atoms with Crippen LogP contribution in [0.15, 0.2) is 10.1 Å². The number of rotatable bonds is 11. The molecule has 0 rings (SSSR count). The Morgan fingerprint density at radius 3 is 1.63 bits per heavy atom. The van der Waals surface area contributed by atoms with Gasteiger partial charge in [0.1, 0.15) is 5.82 Å². The molecule has 0 unspecified atom stereocenters. The molecule has 0 aromatic rings. The van der Waals surface area contributed by atoms with E-state index in [1.165, 1.54) is 28.7 Å². The lowest BCUT2D eigenvalue weighted by Crippen LogP contribution is -2.36. The molecule has 0 radical (unpaired) electrons. The lowest BCUT2D eigenvalue weighted by atomic mass is 10.4. The molecule has 0 atom stereocenters. The SMILES string of the molecule is CCCCSC(SC)=C(N(CC)CC)N(CC)CC. The van der Waals surface area contributed by atoms with Crippen molar-refractivity contribution in [3.8, 4) is 0 Å². The highest BCUT2D eigenvalue weighted by Gasteiger charge is 2.17. The zero-order valence-electron chi connectivity index (χ0n) is 13.7. The van der Waals surface area contributed by atoms with Gasteiger partial charge >= 0.3 is 0 Å². The standard InChI is InChI=1S/C15H32N2S2/c1-7-12-13-19-15(18-6)14(16(8-2)9-3)17(10-4)11-5/h7-13H2,1-6H3. The van der Waals surface area contributed by atoms with Crippen LogP contribution < -0.4 is 0 Å². The van der Waals surface area contributed by atoms with Gasteiger partial charge in [-0.05, 0) is 46.1 Å². The molecule has 0 aromatic heterocycles. The van der Waals surface area contributed by atoms with Crippen molar-refractivity contribution in [3.05, 3.63) is 10.1 Å². The van der Waals surface area contributed by atoms with Crippen LogP contribution in [0.2, 0.25) is 0 Å². The molecule has 0 amide bonds. The summed E-state index contributed by atoms with van der Waals surface area (Å²) in [5.41, 5.74) is 0. The van der Waals surface area contributed by atoms with Crippen LogP contribution in [0, 0.1) is 0 Å². The van der Waals surface area contributed by atoms with E-state index in [-0.39, 0.29) is 0 Å². The van der Waals surface area contributed by atoms with Crippen LogP contribution in [0.25, 0.3) is 0 Å². The molecule has 0 aliphatic rings. The van der Waals surface area contributed by atoms with E-state index < -0.39 is 0 Å². The Bertz CT molecular complexity index is 233. The molecule has 0 aliphatic carbocycles. The number of nitrogens with zero attached hydrogens (tertiary/aromatic N) is 2. The zero-order chi connectivity index (χ0) is 14.7. The molecule has 0 aliphatic heterocycles. The quantitative estimate of drug-likeness (QED) is 0.510. The Morgan fingerprint density at radius 2 is 1.32 bits per heavy atom. The molecule has 2 nitrogen and oxygen atoms in total. The average Bonchev–Trinajstić information content (AvgIpc) is 2.45. The largest absolute Gasteiger partial charge is 0.357 e. The van der Waals surface area contributed by atoms with E-state index >= 15 is 0 Å². The van der Waals surface area contributed by atoms with E-state index in [0.717, 1.165) is 26.2 Å². The molecule has 0 heterocycles. The average molecular weight is 305 g/mol. The minimum absolute atomic E-state index is 1.08. The van der Waals surface area contributed by atoms with Crippen molar-refractivity contribution in [2.24, 2.45) is 0 Å². The van der Waals surface area contributed by atoms with Gasteiger partial charge in [-0.25, -0.2) is 0 Å². The van der Waals surface area contributed by atoms with Crippen molar-refractivity contribution >= 4 is 23.5 Å². The molecule has 0 aromatic carbocycles. The fraction of sp³-hybridized carbons (Fsp3) is 0.867. The molecule has 0 saturated heterocycles. The van der Waals surface area contributed by atoms with Crippen LogP contribution in [-0.2, 0) is 0 Å². The predicted octanol–water partition coefficient (Wildman–Crippen LogP) is 4.69. The van der Waals surface area contributed by atoms with Gasteiger partial charge in [0.25, 0.3) is 0 Å². The Morgan fingerprint density at radius 1 is 0.842 bits per heavy atom. The van der Waals surface area contributed by atoms with Crippen molar-refractivity contribution in [2.45, 2.75) is 47.5 Å². The van der Waals surface area contributed by atoms with Gasteiger partial charge < -0.3 is 9.80 Å². The van der Waals surface area contributed by atoms with Gasteiger partial charge in [0.2, 0.25) is 0 Å². The lowest BCUT2D eigenvalue weighted by Gasteiger charge is -2.35. The van der Waals surface area contributed by atoms with Crippen LogP contribution in [-0.4, -0.2) is 48.0 Å². The molecule has 4 heteroatoms. The maximum absolute atomic E-state index is 2.50. The summed E-state index contributed by atoms with van der Waals surface area (Å²) in [6.07, 6.45) is 4.79. The molecular weight excluding hydrogens is 272 g/mol. The summed E-state index contributed by atoms with van der Waals surface area (Å²) in [5.74, 6) is 2.68. The van der Waals surface area contributed by atoms with E-state index in [2.05, 4.69) is 50.7 Å². The van der Waals surface area contributed by atoms with Crippen LogP contribution in [0.4, 0.5) is 0 Å². The van der Waals surface area contributed by atoms with E-state index in [1.807, 2.05) is 23.5 Å². The number of hydrogen-bond acceptors (Lipinski definition) is 4. The van der Waals surface area contributed by atoms with Crippen molar-refractivity contribution in [3.63, 3.8) is 0 Å². The van der Waals surface area contributed by atoms with Crippen molar-refractivity contribution in [1.82, 2.24) is 9.80 Å². The fourth-order valence-corrected chi connectivity index (χ4v) is 4.20. The summed E-state index contributed by atoms with van der Waals surface area (Å²) in [6, 6.07) is 0. The minimum atomic E-state index is 1.08. The Hall–Kier alpha value is 0.0400. The summed E-state index contributed by atoms with van der Waals surface area (Å²) >= 11 is 3.94. The third-order valence-electron chi connectivity index (χ3n) is 3.22. The highest BCUT2D eigenvalue weighted by molar-refractivity contribution is 8.22. The summed E-state index contributed by atoms with van der Waals surface area (Å²) < 4.78 is 1.49. The van der Waals surface area contributed by atoms with Gasteiger partial charge in [0.15, 0.2) is 0 Å².